The molecule has 1 aromatic carbocycles. The fourth-order valence-electron chi connectivity index (χ4n) is 2.54. The maximum atomic E-state index is 12.2. The third kappa shape index (κ3) is 3.32. The first-order chi connectivity index (χ1) is 10.2. The number of amides is 1. The molecule has 110 valence electrons. The van der Waals surface area contributed by atoms with Crippen molar-refractivity contribution in [1.29, 1.82) is 0 Å². The molecular formula is C16H18N2O2S. The quantitative estimate of drug-likeness (QED) is 0.804. The fourth-order valence-corrected chi connectivity index (χ4v) is 3.25. The second-order valence-corrected chi connectivity index (χ2v) is 6.00. The zero-order chi connectivity index (χ0) is 14.7. The highest BCUT2D eigenvalue weighted by Crippen LogP contribution is 2.17. The molecule has 3 N–H and O–H groups in total. The number of carbonyl (C=O) groups excluding carboxylic acids is 1. The normalized spacial score (nSPS) is 18.8. The number of rotatable bonds is 4. The number of carbonyl (C=O) groups is 1. The molecule has 1 aliphatic heterocycles. The van der Waals surface area contributed by atoms with Crippen LogP contribution in [0.25, 0.3) is 0 Å². The summed E-state index contributed by atoms with van der Waals surface area (Å²) in [4.78, 5) is 12.2. The van der Waals surface area contributed by atoms with E-state index in [1.165, 1.54) is 22.5 Å². The predicted molar refractivity (Wildman–Crippen MR) is 83.1 cm³/mol. The molecule has 2 atom stereocenters. The molecule has 4 nitrogen and oxygen atoms in total. The number of fused-ring (bicyclic) bond motifs is 1. The summed E-state index contributed by atoms with van der Waals surface area (Å²) in [5.41, 5.74) is 3.32. The Morgan fingerprint density at radius 2 is 2.19 bits per heavy atom. The van der Waals surface area contributed by atoms with Crippen molar-refractivity contribution in [1.82, 2.24) is 10.6 Å². The summed E-state index contributed by atoms with van der Waals surface area (Å²) in [6.07, 6.45) is 0.0485. The van der Waals surface area contributed by atoms with Gasteiger partial charge in [0.15, 0.2) is 0 Å². The second kappa shape index (κ2) is 6.39. The Labute approximate surface area is 127 Å². The van der Waals surface area contributed by atoms with Crippen LogP contribution in [-0.4, -0.2) is 23.6 Å². The van der Waals surface area contributed by atoms with E-state index >= 15 is 0 Å². The molecule has 2 heterocycles. The lowest BCUT2D eigenvalue weighted by molar-refractivity contribution is -0.123. The molecule has 0 spiro atoms. The van der Waals surface area contributed by atoms with E-state index in [4.69, 9.17) is 0 Å². The van der Waals surface area contributed by atoms with E-state index in [2.05, 4.69) is 22.8 Å². The smallest absolute Gasteiger partial charge is 0.237 e. The number of hydrogen-bond donors (Lipinski definition) is 3. The molecule has 0 radical (unpaired) electrons. The lowest BCUT2D eigenvalue weighted by Gasteiger charge is -2.25. The number of aliphatic hydroxyl groups excluding tert-OH is 1. The molecule has 0 saturated carbocycles. The summed E-state index contributed by atoms with van der Waals surface area (Å²) in [6.45, 7) is 0.955. The van der Waals surface area contributed by atoms with Crippen LogP contribution in [0.1, 0.15) is 22.8 Å². The Kier molecular flexibility index (Phi) is 4.34. The Balaban J connectivity index is 1.55. The van der Waals surface area contributed by atoms with E-state index < -0.39 is 6.10 Å². The Morgan fingerprint density at radius 3 is 2.95 bits per heavy atom. The molecule has 1 amide bonds. The second-order valence-electron chi connectivity index (χ2n) is 5.22. The van der Waals surface area contributed by atoms with Crippen LogP contribution in [0.2, 0.25) is 0 Å². The maximum absolute atomic E-state index is 12.2. The van der Waals surface area contributed by atoms with Gasteiger partial charge in [-0.05, 0) is 39.9 Å². The van der Waals surface area contributed by atoms with Crippen LogP contribution in [0.5, 0.6) is 0 Å². The number of hydrogen-bond acceptors (Lipinski definition) is 4. The van der Waals surface area contributed by atoms with Gasteiger partial charge < -0.3 is 15.7 Å². The molecule has 5 heteroatoms. The summed E-state index contributed by atoms with van der Waals surface area (Å²) in [6, 6.07) is 9.80. The fraction of sp³-hybridized carbons (Fsp3) is 0.312. The van der Waals surface area contributed by atoms with E-state index in [1.807, 2.05) is 29.0 Å². The standard InChI is InChI=1S/C16H18N2O2S/c19-15(13-5-6-21-10-13)9-18-16(20)14-7-11-3-1-2-4-12(11)8-17-14/h1-6,10,14-15,17,19H,7-9H2,(H,18,20). The monoisotopic (exact) mass is 302 g/mol. The van der Waals surface area contributed by atoms with Crippen molar-refractivity contribution in [2.45, 2.75) is 25.1 Å². The van der Waals surface area contributed by atoms with Crippen LogP contribution >= 0.6 is 11.3 Å². The van der Waals surface area contributed by atoms with Gasteiger partial charge in [0.05, 0.1) is 12.1 Å². The van der Waals surface area contributed by atoms with Gasteiger partial charge in [-0.3, -0.25) is 4.79 Å². The van der Waals surface area contributed by atoms with Crippen molar-refractivity contribution < 1.29 is 9.90 Å². The zero-order valence-corrected chi connectivity index (χ0v) is 12.4. The lowest BCUT2D eigenvalue weighted by atomic mass is 9.95. The Morgan fingerprint density at radius 1 is 1.38 bits per heavy atom. The van der Waals surface area contributed by atoms with E-state index in [-0.39, 0.29) is 18.5 Å². The number of thiophene rings is 1. The van der Waals surface area contributed by atoms with E-state index in [1.54, 1.807) is 0 Å². The highest BCUT2D eigenvalue weighted by molar-refractivity contribution is 7.07. The van der Waals surface area contributed by atoms with Crippen molar-refractivity contribution in [2.24, 2.45) is 0 Å². The van der Waals surface area contributed by atoms with Gasteiger partial charge >= 0.3 is 0 Å². The number of nitrogens with one attached hydrogen (secondary N) is 2. The third-order valence-electron chi connectivity index (χ3n) is 3.80. The van der Waals surface area contributed by atoms with E-state index in [0.29, 0.717) is 13.0 Å². The van der Waals surface area contributed by atoms with Gasteiger partial charge in [-0.1, -0.05) is 24.3 Å². The van der Waals surface area contributed by atoms with Crippen LogP contribution in [0.3, 0.4) is 0 Å². The van der Waals surface area contributed by atoms with Crippen molar-refractivity contribution in [2.75, 3.05) is 6.54 Å². The van der Waals surface area contributed by atoms with Gasteiger partial charge in [-0.2, -0.15) is 11.3 Å². The predicted octanol–water partition coefficient (Wildman–Crippen LogP) is 1.61. The van der Waals surface area contributed by atoms with Crippen LogP contribution in [0.15, 0.2) is 41.1 Å². The van der Waals surface area contributed by atoms with Gasteiger partial charge in [0, 0.05) is 13.1 Å². The first-order valence-electron chi connectivity index (χ1n) is 7.02. The minimum Gasteiger partial charge on any atom is -0.387 e. The summed E-state index contributed by atoms with van der Waals surface area (Å²) >= 11 is 1.54. The Hall–Kier alpha value is -1.69. The molecular weight excluding hydrogens is 284 g/mol. The highest BCUT2D eigenvalue weighted by Gasteiger charge is 2.24. The molecule has 3 rings (SSSR count). The summed E-state index contributed by atoms with van der Waals surface area (Å²) in [5, 5.41) is 19.9. The highest BCUT2D eigenvalue weighted by atomic mass is 32.1. The first kappa shape index (κ1) is 14.3. The van der Waals surface area contributed by atoms with Crippen LogP contribution in [0, 0.1) is 0 Å². The minimum atomic E-state index is -0.643. The Bertz CT molecular complexity index is 612. The van der Waals surface area contributed by atoms with Gasteiger partial charge in [0.25, 0.3) is 0 Å². The number of benzene rings is 1. The topological polar surface area (TPSA) is 61.4 Å². The van der Waals surface area contributed by atoms with Crippen molar-refractivity contribution >= 4 is 17.2 Å². The molecule has 0 aliphatic carbocycles. The third-order valence-corrected chi connectivity index (χ3v) is 4.50. The summed E-state index contributed by atoms with van der Waals surface area (Å²) in [5.74, 6) is -0.0567. The van der Waals surface area contributed by atoms with Crippen molar-refractivity contribution in [3.63, 3.8) is 0 Å². The number of aliphatic hydroxyl groups is 1. The molecule has 2 unspecified atom stereocenters. The lowest BCUT2D eigenvalue weighted by Crippen LogP contribution is -2.48. The average molecular weight is 302 g/mol. The molecule has 1 aliphatic rings. The van der Waals surface area contributed by atoms with Gasteiger partial charge in [0.2, 0.25) is 5.91 Å². The van der Waals surface area contributed by atoms with Crippen LogP contribution in [-0.2, 0) is 17.8 Å². The summed E-state index contributed by atoms with van der Waals surface area (Å²) < 4.78 is 0. The van der Waals surface area contributed by atoms with E-state index in [9.17, 15) is 9.90 Å². The first-order valence-corrected chi connectivity index (χ1v) is 7.96. The van der Waals surface area contributed by atoms with Crippen molar-refractivity contribution in [3.05, 3.63) is 57.8 Å². The molecule has 1 aromatic heterocycles. The van der Waals surface area contributed by atoms with Gasteiger partial charge in [0.1, 0.15) is 0 Å². The minimum absolute atomic E-state index is 0.0567. The van der Waals surface area contributed by atoms with Crippen LogP contribution in [0.4, 0.5) is 0 Å². The maximum Gasteiger partial charge on any atom is 0.237 e. The molecule has 0 bridgehead atoms. The zero-order valence-electron chi connectivity index (χ0n) is 11.6. The molecule has 21 heavy (non-hydrogen) atoms. The molecule has 0 saturated heterocycles. The van der Waals surface area contributed by atoms with Gasteiger partial charge in [-0.25, -0.2) is 0 Å². The van der Waals surface area contributed by atoms with Crippen molar-refractivity contribution in [3.8, 4) is 0 Å². The SMILES string of the molecule is O=C(NCC(O)c1ccsc1)C1Cc2ccccc2CN1. The molecule has 2 aromatic rings. The van der Waals surface area contributed by atoms with Gasteiger partial charge in [-0.15, -0.1) is 0 Å². The summed E-state index contributed by atoms with van der Waals surface area (Å²) in [7, 11) is 0. The van der Waals surface area contributed by atoms with E-state index in [0.717, 1.165) is 5.56 Å². The largest absolute Gasteiger partial charge is 0.387 e. The molecule has 0 fully saturated rings. The average Bonchev–Trinajstić information content (AvgIpc) is 3.06. The van der Waals surface area contributed by atoms with Crippen LogP contribution < -0.4 is 10.6 Å².